The predicted molar refractivity (Wildman–Crippen MR) is 129 cm³/mol. The molecule has 35 heavy (non-hydrogen) atoms. The third-order valence-electron chi connectivity index (χ3n) is 4.11. The fourth-order valence-corrected chi connectivity index (χ4v) is 3.57. The zero-order valence-electron chi connectivity index (χ0n) is 19.7. The smallest absolute Gasteiger partial charge is 0.302 e. The molecule has 1 unspecified atom stereocenters. The molecule has 2 amide bonds. The molecule has 1 aromatic heterocycles. The van der Waals surface area contributed by atoms with Crippen LogP contribution in [0.3, 0.4) is 0 Å². The molecule has 2 rings (SSSR count). The lowest BCUT2D eigenvalue weighted by atomic mass is 10.0. The maximum absolute atomic E-state index is 12.3. The number of amides is 2. The van der Waals surface area contributed by atoms with Crippen molar-refractivity contribution in [3.05, 3.63) is 46.5 Å². The molecular formula is C22H29N6O6S-. The highest BCUT2D eigenvalue weighted by atomic mass is 32.1. The van der Waals surface area contributed by atoms with Gasteiger partial charge in [-0.25, -0.2) is 4.98 Å². The van der Waals surface area contributed by atoms with E-state index in [0.717, 1.165) is 11.3 Å². The number of carboxylic acids is 1. The van der Waals surface area contributed by atoms with Crippen LogP contribution in [-0.4, -0.2) is 47.8 Å². The summed E-state index contributed by atoms with van der Waals surface area (Å²) in [5, 5.41) is 16.5. The Kier molecular flexibility index (Phi) is 12.4. The van der Waals surface area contributed by atoms with E-state index in [1.807, 2.05) is 0 Å². The van der Waals surface area contributed by atoms with Gasteiger partial charge in [0, 0.05) is 32.3 Å². The normalized spacial score (nSPS) is 10.7. The number of thiazole rings is 1. The Hall–Kier alpha value is -4.00. The molecule has 0 saturated carbocycles. The molecule has 0 bridgehead atoms. The number of esters is 1. The van der Waals surface area contributed by atoms with Crippen molar-refractivity contribution in [3.8, 4) is 0 Å². The lowest BCUT2D eigenvalue weighted by Gasteiger charge is -2.19. The molecule has 0 aliphatic carbocycles. The molecular weight excluding hydrogens is 476 g/mol. The largest absolute Gasteiger partial charge is 0.550 e. The van der Waals surface area contributed by atoms with Gasteiger partial charge in [-0.3, -0.25) is 14.4 Å². The number of nitrogens with one attached hydrogen (secondary N) is 2. The SMILES string of the molecule is CCOC(C)=O.Cc1nc(N=C(N)N)sc1C(=O)NCCC(=O)NC(CC(=O)[O-])c1ccccc1. The molecule has 1 heterocycles. The standard InChI is InChI=1S/C18H22N6O4S.C4H8O2/c1-10-15(29-18(22-10)24-17(19)20)16(28)21-8-7-13(25)23-12(9-14(26)27)11-5-3-2-4-6-11;1-3-6-4(2)5/h2-6,12H,7-9H2,1H3,(H,21,28)(H,23,25)(H,26,27)(H4,19,20,22,24);3H2,1-2H3/p-1. The third-order valence-corrected chi connectivity index (χ3v) is 5.16. The summed E-state index contributed by atoms with van der Waals surface area (Å²) >= 11 is 1.03. The average Bonchev–Trinajstić information content (AvgIpc) is 3.13. The summed E-state index contributed by atoms with van der Waals surface area (Å²) in [6.45, 7) is 5.36. The molecule has 2 aromatic rings. The van der Waals surface area contributed by atoms with E-state index in [9.17, 15) is 24.3 Å². The number of aryl methyl sites for hydroxylation is 1. The number of hydrogen-bond donors (Lipinski definition) is 4. The zero-order chi connectivity index (χ0) is 26.4. The highest BCUT2D eigenvalue weighted by Crippen LogP contribution is 2.24. The van der Waals surface area contributed by atoms with Crippen molar-refractivity contribution in [2.75, 3.05) is 13.2 Å². The molecule has 0 saturated heterocycles. The van der Waals surface area contributed by atoms with Gasteiger partial charge in [0.1, 0.15) is 4.88 Å². The topological polar surface area (TPSA) is 202 Å². The minimum atomic E-state index is -1.27. The second-order valence-electron chi connectivity index (χ2n) is 6.99. The van der Waals surface area contributed by atoms with Crippen molar-refractivity contribution in [3.63, 3.8) is 0 Å². The third kappa shape index (κ3) is 11.6. The monoisotopic (exact) mass is 505 g/mol. The Balaban J connectivity index is 0.000000905. The van der Waals surface area contributed by atoms with E-state index in [1.165, 1.54) is 6.92 Å². The van der Waals surface area contributed by atoms with Crippen LogP contribution in [0.1, 0.15) is 53.7 Å². The number of carboxylic acid groups (broad SMARTS) is 1. The first-order valence-electron chi connectivity index (χ1n) is 10.6. The number of hydrogen-bond acceptors (Lipinski definition) is 9. The lowest BCUT2D eigenvalue weighted by Crippen LogP contribution is -2.36. The van der Waals surface area contributed by atoms with Gasteiger partial charge in [-0.2, -0.15) is 4.99 Å². The number of carbonyl (C=O) groups is 4. The molecule has 190 valence electrons. The van der Waals surface area contributed by atoms with Gasteiger partial charge in [0.2, 0.25) is 11.0 Å². The molecule has 1 aromatic carbocycles. The molecule has 0 aliphatic heterocycles. The van der Waals surface area contributed by atoms with E-state index in [4.69, 9.17) is 11.5 Å². The summed E-state index contributed by atoms with van der Waals surface area (Å²) in [6, 6.07) is 8.01. The second kappa shape index (κ2) is 15.0. The van der Waals surface area contributed by atoms with E-state index < -0.39 is 23.8 Å². The first-order chi connectivity index (χ1) is 16.5. The van der Waals surface area contributed by atoms with Crippen molar-refractivity contribution in [2.45, 2.75) is 39.7 Å². The van der Waals surface area contributed by atoms with E-state index in [1.54, 1.807) is 44.2 Å². The van der Waals surface area contributed by atoms with Crippen LogP contribution >= 0.6 is 11.3 Å². The number of nitrogens with two attached hydrogens (primary N) is 2. The molecule has 0 spiro atoms. The maximum atomic E-state index is 12.3. The van der Waals surface area contributed by atoms with E-state index in [-0.39, 0.29) is 36.4 Å². The average molecular weight is 506 g/mol. The summed E-state index contributed by atoms with van der Waals surface area (Å²) in [5.74, 6) is -2.45. The highest BCUT2D eigenvalue weighted by molar-refractivity contribution is 7.17. The molecule has 0 radical (unpaired) electrons. The van der Waals surface area contributed by atoms with E-state index in [0.29, 0.717) is 22.7 Å². The Labute approximate surface area is 206 Å². The van der Waals surface area contributed by atoms with Crippen molar-refractivity contribution in [2.24, 2.45) is 16.5 Å². The number of benzene rings is 1. The minimum absolute atomic E-state index is 0.0271. The summed E-state index contributed by atoms with van der Waals surface area (Å²) in [4.78, 5) is 53.5. The number of rotatable bonds is 10. The van der Waals surface area contributed by atoms with Gasteiger partial charge in [-0.15, -0.1) is 0 Å². The van der Waals surface area contributed by atoms with Crippen LogP contribution in [0.4, 0.5) is 5.13 Å². The molecule has 12 nitrogen and oxygen atoms in total. The number of ether oxygens (including phenoxy) is 1. The fraction of sp³-hybridized carbons (Fsp3) is 0.364. The zero-order valence-corrected chi connectivity index (χ0v) is 20.5. The van der Waals surface area contributed by atoms with Crippen LogP contribution in [0.5, 0.6) is 0 Å². The van der Waals surface area contributed by atoms with Crippen molar-refractivity contribution < 1.29 is 29.0 Å². The van der Waals surface area contributed by atoms with Crippen LogP contribution in [0, 0.1) is 6.92 Å². The van der Waals surface area contributed by atoms with Crippen molar-refractivity contribution >= 4 is 46.2 Å². The van der Waals surface area contributed by atoms with Gasteiger partial charge in [-0.05, 0) is 19.4 Å². The molecule has 1 atom stereocenters. The maximum Gasteiger partial charge on any atom is 0.302 e. The number of guanidine groups is 1. The Morgan fingerprint density at radius 3 is 2.37 bits per heavy atom. The number of carbonyl (C=O) groups excluding carboxylic acids is 4. The molecule has 0 fully saturated rings. The Morgan fingerprint density at radius 1 is 1.20 bits per heavy atom. The molecule has 6 N–H and O–H groups in total. The molecule has 0 aliphatic rings. The van der Waals surface area contributed by atoms with Gasteiger partial charge in [0.15, 0.2) is 5.96 Å². The van der Waals surface area contributed by atoms with Gasteiger partial charge < -0.3 is 36.7 Å². The van der Waals surface area contributed by atoms with Crippen molar-refractivity contribution in [1.29, 1.82) is 0 Å². The van der Waals surface area contributed by atoms with Gasteiger partial charge in [-0.1, -0.05) is 41.7 Å². The number of aliphatic carboxylic acids is 1. The Bertz CT molecular complexity index is 1040. The van der Waals surface area contributed by atoms with Gasteiger partial charge in [0.05, 0.1) is 18.3 Å². The summed E-state index contributed by atoms with van der Waals surface area (Å²) in [6.07, 6.45) is -0.379. The van der Waals surface area contributed by atoms with Crippen LogP contribution in [-0.2, 0) is 19.1 Å². The van der Waals surface area contributed by atoms with Crippen molar-refractivity contribution in [1.82, 2.24) is 15.6 Å². The number of nitrogens with zero attached hydrogens (tertiary/aromatic N) is 2. The Morgan fingerprint density at radius 2 is 1.86 bits per heavy atom. The van der Waals surface area contributed by atoms with Crippen LogP contribution in [0.2, 0.25) is 0 Å². The number of aliphatic imine (C=N–C) groups is 1. The lowest BCUT2D eigenvalue weighted by molar-refractivity contribution is -0.306. The highest BCUT2D eigenvalue weighted by Gasteiger charge is 2.17. The predicted octanol–water partition coefficient (Wildman–Crippen LogP) is 0.0432. The van der Waals surface area contributed by atoms with Gasteiger partial charge >= 0.3 is 5.97 Å². The summed E-state index contributed by atoms with van der Waals surface area (Å²) < 4.78 is 4.40. The number of aromatic nitrogens is 1. The summed E-state index contributed by atoms with van der Waals surface area (Å²) in [7, 11) is 0. The summed E-state index contributed by atoms with van der Waals surface area (Å²) in [5.41, 5.74) is 11.7. The first-order valence-corrected chi connectivity index (χ1v) is 11.4. The van der Waals surface area contributed by atoms with Crippen LogP contribution in [0.15, 0.2) is 35.3 Å². The van der Waals surface area contributed by atoms with Crippen LogP contribution < -0.4 is 27.2 Å². The fourth-order valence-electron chi connectivity index (χ4n) is 2.69. The molecule has 13 heteroatoms. The van der Waals surface area contributed by atoms with Crippen LogP contribution in [0.25, 0.3) is 0 Å². The second-order valence-corrected chi connectivity index (χ2v) is 7.96. The minimum Gasteiger partial charge on any atom is -0.550 e. The van der Waals surface area contributed by atoms with E-state index >= 15 is 0 Å². The first kappa shape index (κ1) is 29.0. The quantitative estimate of drug-likeness (QED) is 0.195. The van der Waals surface area contributed by atoms with E-state index in [2.05, 4.69) is 25.3 Å². The van der Waals surface area contributed by atoms with Gasteiger partial charge in [0.25, 0.3) is 5.91 Å².